The summed E-state index contributed by atoms with van der Waals surface area (Å²) in [5, 5.41) is 6.02. The van der Waals surface area contributed by atoms with Gasteiger partial charge in [-0.1, -0.05) is 160 Å². The molecule has 0 radical (unpaired) electrons. The van der Waals surface area contributed by atoms with Gasteiger partial charge in [0.15, 0.2) is 0 Å². The van der Waals surface area contributed by atoms with E-state index in [-0.39, 0.29) is 5.41 Å². The third-order valence-corrected chi connectivity index (χ3v) is 15.3. The molecule has 0 heterocycles. The van der Waals surface area contributed by atoms with Crippen LogP contribution in [-0.2, 0) is 0 Å². The summed E-state index contributed by atoms with van der Waals surface area (Å²) in [5.41, 5.74) is 6.52. The van der Waals surface area contributed by atoms with Gasteiger partial charge in [0.1, 0.15) is 0 Å². The Morgan fingerprint density at radius 3 is 0.902 bits per heavy atom. The summed E-state index contributed by atoms with van der Waals surface area (Å²) in [4.78, 5) is 0. The van der Waals surface area contributed by atoms with Crippen LogP contribution in [0.4, 0.5) is 0 Å². The van der Waals surface area contributed by atoms with Crippen molar-refractivity contribution in [2.45, 2.75) is 86.5 Å². The molecule has 4 rings (SSSR count). The van der Waals surface area contributed by atoms with E-state index in [0.717, 1.165) is 0 Å². The van der Waals surface area contributed by atoms with Crippen molar-refractivity contribution < 1.29 is 0 Å². The van der Waals surface area contributed by atoms with Crippen molar-refractivity contribution in [1.29, 1.82) is 0 Å². The Balaban J connectivity index is 1.93. The van der Waals surface area contributed by atoms with Crippen molar-refractivity contribution in [3.8, 4) is 0 Å². The fraction of sp³-hybridized carbons (Fsp3) is 0.385. The van der Waals surface area contributed by atoms with Crippen molar-refractivity contribution in [2.24, 2.45) is 11.3 Å². The first kappa shape index (κ1) is 31.7. The minimum atomic E-state index is -0.564. The molecule has 2 heteroatoms. The minimum absolute atomic E-state index is 0.164. The van der Waals surface area contributed by atoms with E-state index in [0.29, 0.717) is 17.2 Å². The summed E-state index contributed by atoms with van der Waals surface area (Å²) in [6.07, 6.45) is 2.43. The second-order valence-corrected chi connectivity index (χ2v) is 17.5. The smallest absolute Gasteiger partial charge is 0.00920 e. The summed E-state index contributed by atoms with van der Waals surface area (Å²) in [6, 6.07) is 37.9. The normalized spacial score (nSPS) is 14.8. The van der Waals surface area contributed by atoms with E-state index in [2.05, 4.69) is 159 Å². The van der Waals surface area contributed by atoms with Crippen molar-refractivity contribution >= 4 is 37.1 Å². The van der Waals surface area contributed by atoms with Crippen LogP contribution in [0.3, 0.4) is 0 Å². The topological polar surface area (TPSA) is 0 Å². The average molecular weight is 581 g/mol. The Kier molecular flexibility index (Phi) is 10.7. The van der Waals surface area contributed by atoms with E-state index in [1.165, 1.54) is 56.3 Å². The quantitative estimate of drug-likeness (QED) is 0.155. The molecule has 2 unspecified atom stereocenters. The van der Waals surface area contributed by atoms with Gasteiger partial charge < -0.3 is 0 Å². The lowest BCUT2D eigenvalue weighted by Gasteiger charge is -2.53. The maximum absolute atomic E-state index is 2.61. The largest absolute Gasteiger partial charge is 0.0654 e. The van der Waals surface area contributed by atoms with E-state index in [1.807, 2.05) is 0 Å². The first-order chi connectivity index (χ1) is 19.6. The molecule has 0 aliphatic heterocycles. The van der Waals surface area contributed by atoms with Gasteiger partial charge in [-0.3, -0.25) is 0 Å². The van der Waals surface area contributed by atoms with Crippen LogP contribution in [0.5, 0.6) is 0 Å². The molecule has 0 bridgehead atoms. The molecule has 41 heavy (non-hydrogen) atoms. The first-order valence-electron chi connectivity index (χ1n) is 15.4. The molecule has 216 valence electrons. The van der Waals surface area contributed by atoms with Gasteiger partial charge in [0.05, 0.1) is 0 Å². The van der Waals surface area contributed by atoms with Crippen LogP contribution in [0.2, 0.25) is 0 Å². The maximum Gasteiger partial charge on any atom is -0.00920 e. The second-order valence-electron chi connectivity index (χ2n) is 12.5. The van der Waals surface area contributed by atoms with Crippen LogP contribution < -0.4 is 21.2 Å². The molecule has 0 nitrogen and oxygen atoms in total. The van der Waals surface area contributed by atoms with Gasteiger partial charge in [-0.25, -0.2) is 0 Å². The third kappa shape index (κ3) is 6.87. The fourth-order valence-corrected chi connectivity index (χ4v) is 13.6. The average Bonchev–Trinajstić information content (AvgIpc) is 2.95. The molecule has 0 saturated carbocycles. The molecular weight excluding hydrogens is 530 g/mol. The molecule has 0 fully saturated rings. The highest BCUT2D eigenvalue weighted by atomic mass is 31.1. The standard InChI is InChI=1S/C39H50P2/c1-10-27-39(28(2)3,33(8)40(35-19-11-29(4)12-20-35)36-21-13-30(5)14-22-36)34(9)41(37-23-15-31(6)16-24-37)38-25-17-32(7)18-26-38/h11-26,28,33-34H,10,27H2,1-9H3. The van der Waals surface area contributed by atoms with Crippen molar-refractivity contribution in [2.75, 3.05) is 0 Å². The molecular formula is C39H50P2. The predicted octanol–water partition coefficient (Wildman–Crippen LogP) is 9.71. The van der Waals surface area contributed by atoms with Gasteiger partial charge >= 0.3 is 0 Å². The van der Waals surface area contributed by atoms with Crippen LogP contribution in [-0.4, -0.2) is 11.3 Å². The summed E-state index contributed by atoms with van der Waals surface area (Å²) < 4.78 is 0. The zero-order valence-corrected chi connectivity index (χ0v) is 28.6. The van der Waals surface area contributed by atoms with Crippen molar-refractivity contribution in [3.05, 3.63) is 119 Å². The van der Waals surface area contributed by atoms with Gasteiger partial charge in [-0.05, 0) is 93.8 Å². The van der Waals surface area contributed by atoms with Crippen LogP contribution >= 0.6 is 15.8 Å². The maximum atomic E-state index is 2.61. The second kappa shape index (κ2) is 13.8. The van der Waals surface area contributed by atoms with Gasteiger partial charge in [0, 0.05) is 0 Å². The van der Waals surface area contributed by atoms with Crippen LogP contribution in [0.1, 0.15) is 69.7 Å². The van der Waals surface area contributed by atoms with Crippen LogP contribution in [0.15, 0.2) is 97.1 Å². The summed E-state index contributed by atoms with van der Waals surface area (Å²) in [7, 11) is -1.13. The highest BCUT2D eigenvalue weighted by Gasteiger charge is 2.49. The molecule has 0 amide bonds. The van der Waals surface area contributed by atoms with E-state index >= 15 is 0 Å². The molecule has 0 N–H and O–H groups in total. The molecule has 0 aliphatic rings. The summed E-state index contributed by atoms with van der Waals surface area (Å²) in [5.74, 6) is 0.550. The number of hydrogen-bond acceptors (Lipinski definition) is 0. The Morgan fingerprint density at radius 2 is 0.707 bits per heavy atom. The lowest BCUT2D eigenvalue weighted by Crippen LogP contribution is -2.49. The zero-order valence-electron chi connectivity index (χ0n) is 26.8. The molecule has 2 atom stereocenters. The number of benzene rings is 4. The van der Waals surface area contributed by atoms with E-state index in [4.69, 9.17) is 0 Å². The van der Waals surface area contributed by atoms with Gasteiger partial charge in [0.2, 0.25) is 0 Å². The lowest BCUT2D eigenvalue weighted by atomic mass is 9.69. The third-order valence-electron chi connectivity index (χ3n) is 9.34. The van der Waals surface area contributed by atoms with Gasteiger partial charge in [-0.2, -0.15) is 0 Å². The van der Waals surface area contributed by atoms with Crippen molar-refractivity contribution in [3.63, 3.8) is 0 Å². The minimum Gasteiger partial charge on any atom is -0.0654 e. The molecule has 4 aromatic rings. The molecule has 0 aromatic heterocycles. The predicted molar refractivity (Wildman–Crippen MR) is 188 cm³/mol. The van der Waals surface area contributed by atoms with Gasteiger partial charge in [-0.15, -0.1) is 0 Å². The van der Waals surface area contributed by atoms with E-state index in [1.54, 1.807) is 0 Å². The van der Waals surface area contributed by atoms with Crippen LogP contribution in [0, 0.1) is 39.0 Å². The Hall–Kier alpha value is -2.26. The number of rotatable bonds is 11. The van der Waals surface area contributed by atoms with Crippen molar-refractivity contribution in [1.82, 2.24) is 0 Å². The SMILES string of the molecule is CCCC(C(C)C)(C(C)P(c1ccc(C)cc1)c1ccc(C)cc1)C(C)P(c1ccc(C)cc1)c1ccc(C)cc1. The fourth-order valence-electron chi connectivity index (χ4n) is 6.95. The van der Waals surface area contributed by atoms with E-state index in [9.17, 15) is 0 Å². The Labute approximate surface area is 253 Å². The molecule has 0 spiro atoms. The molecule has 4 aromatic carbocycles. The van der Waals surface area contributed by atoms with Crippen LogP contribution in [0.25, 0.3) is 0 Å². The lowest BCUT2D eigenvalue weighted by molar-refractivity contribution is 0.165. The zero-order chi connectivity index (χ0) is 29.7. The summed E-state index contributed by atoms with van der Waals surface area (Å²) >= 11 is 0. The molecule has 0 saturated heterocycles. The Bertz CT molecular complexity index is 1170. The highest BCUT2D eigenvalue weighted by molar-refractivity contribution is 7.74. The van der Waals surface area contributed by atoms with E-state index < -0.39 is 15.8 Å². The van der Waals surface area contributed by atoms with Gasteiger partial charge in [0.25, 0.3) is 0 Å². The monoisotopic (exact) mass is 580 g/mol. The molecule has 0 aliphatic carbocycles. The first-order valence-corrected chi connectivity index (χ1v) is 18.3. The highest BCUT2D eigenvalue weighted by Crippen LogP contribution is 2.61. The number of aryl methyl sites for hydroxylation is 4. The number of hydrogen-bond donors (Lipinski definition) is 0. The summed E-state index contributed by atoms with van der Waals surface area (Å²) in [6.45, 7) is 21.5. The Morgan fingerprint density at radius 1 is 0.463 bits per heavy atom.